The van der Waals surface area contributed by atoms with E-state index >= 15 is 0 Å². The Kier molecular flexibility index (Phi) is 5.43. The molecule has 0 spiro atoms. The summed E-state index contributed by atoms with van der Waals surface area (Å²) in [7, 11) is 0. The Morgan fingerprint density at radius 3 is 2.71 bits per heavy atom. The first-order valence-corrected chi connectivity index (χ1v) is 7.71. The highest BCUT2D eigenvalue weighted by Gasteiger charge is 2.39. The molecule has 6 heteroatoms. The first-order valence-electron chi connectivity index (χ1n) is 7.71. The molecule has 5 nitrogen and oxygen atoms in total. The van der Waals surface area contributed by atoms with Crippen molar-refractivity contribution in [1.82, 2.24) is 4.90 Å². The molecule has 2 rings (SSSR count). The SMILES string of the molecule is CC(C)(C)OC(=O)N1CC(OC2CCCCO2)CC1CF. The zero-order valence-electron chi connectivity index (χ0n) is 13.1. The molecule has 2 saturated heterocycles. The van der Waals surface area contributed by atoms with Gasteiger partial charge in [-0.2, -0.15) is 0 Å². The third kappa shape index (κ3) is 4.81. The van der Waals surface area contributed by atoms with Crippen molar-refractivity contribution < 1.29 is 23.4 Å². The molecule has 21 heavy (non-hydrogen) atoms. The fraction of sp³-hybridized carbons (Fsp3) is 0.933. The van der Waals surface area contributed by atoms with Gasteiger partial charge in [-0.3, -0.25) is 4.90 Å². The zero-order chi connectivity index (χ0) is 15.5. The Bertz CT molecular complexity index is 352. The van der Waals surface area contributed by atoms with Crippen molar-refractivity contribution in [1.29, 1.82) is 0 Å². The molecular formula is C15H26FNO4. The summed E-state index contributed by atoms with van der Waals surface area (Å²) in [5, 5.41) is 0. The van der Waals surface area contributed by atoms with Gasteiger partial charge in [0.25, 0.3) is 0 Å². The fourth-order valence-electron chi connectivity index (χ4n) is 2.70. The number of hydrogen-bond donors (Lipinski definition) is 0. The van der Waals surface area contributed by atoms with E-state index in [1.165, 1.54) is 4.90 Å². The molecule has 122 valence electrons. The van der Waals surface area contributed by atoms with Crippen LogP contribution in [0.5, 0.6) is 0 Å². The Labute approximate surface area is 125 Å². The van der Waals surface area contributed by atoms with Gasteiger partial charge in [0.15, 0.2) is 6.29 Å². The van der Waals surface area contributed by atoms with Crippen LogP contribution in [-0.2, 0) is 14.2 Å². The lowest BCUT2D eigenvalue weighted by molar-refractivity contribution is -0.185. The number of likely N-dealkylation sites (tertiary alicyclic amines) is 1. The number of nitrogens with zero attached hydrogens (tertiary/aromatic N) is 1. The van der Waals surface area contributed by atoms with Gasteiger partial charge in [-0.05, 0) is 46.5 Å². The number of alkyl halides is 1. The summed E-state index contributed by atoms with van der Waals surface area (Å²) in [6, 6.07) is -0.464. The van der Waals surface area contributed by atoms with Crippen LogP contribution in [0.25, 0.3) is 0 Å². The molecule has 0 saturated carbocycles. The van der Waals surface area contributed by atoms with Gasteiger partial charge in [-0.1, -0.05) is 0 Å². The van der Waals surface area contributed by atoms with Crippen molar-refractivity contribution in [3.63, 3.8) is 0 Å². The summed E-state index contributed by atoms with van der Waals surface area (Å²) >= 11 is 0. The average Bonchev–Trinajstić information content (AvgIpc) is 2.81. The second-order valence-corrected chi connectivity index (χ2v) is 6.73. The van der Waals surface area contributed by atoms with Crippen molar-refractivity contribution >= 4 is 6.09 Å². The topological polar surface area (TPSA) is 48.0 Å². The molecule has 3 atom stereocenters. The summed E-state index contributed by atoms with van der Waals surface area (Å²) in [4.78, 5) is 13.6. The third-order valence-corrected chi connectivity index (χ3v) is 3.66. The Morgan fingerprint density at radius 2 is 2.14 bits per heavy atom. The summed E-state index contributed by atoms with van der Waals surface area (Å²) in [6.07, 6.45) is 2.63. The molecule has 0 bridgehead atoms. The van der Waals surface area contributed by atoms with E-state index in [-0.39, 0.29) is 12.4 Å². The van der Waals surface area contributed by atoms with Gasteiger partial charge in [0, 0.05) is 6.61 Å². The summed E-state index contributed by atoms with van der Waals surface area (Å²) in [6.45, 7) is 5.90. The van der Waals surface area contributed by atoms with Crippen LogP contribution < -0.4 is 0 Å². The van der Waals surface area contributed by atoms with Gasteiger partial charge in [0.2, 0.25) is 0 Å². The van der Waals surface area contributed by atoms with E-state index in [4.69, 9.17) is 14.2 Å². The van der Waals surface area contributed by atoms with Crippen LogP contribution in [0.4, 0.5) is 9.18 Å². The molecular weight excluding hydrogens is 277 g/mol. The molecule has 3 unspecified atom stereocenters. The number of rotatable bonds is 3. The van der Waals surface area contributed by atoms with Crippen LogP contribution in [0.3, 0.4) is 0 Å². The first kappa shape index (κ1) is 16.5. The van der Waals surface area contributed by atoms with Crippen LogP contribution in [-0.4, -0.2) is 54.9 Å². The van der Waals surface area contributed by atoms with Crippen LogP contribution in [0.2, 0.25) is 0 Å². The van der Waals surface area contributed by atoms with Crippen LogP contribution in [0.1, 0.15) is 46.5 Å². The fourth-order valence-corrected chi connectivity index (χ4v) is 2.70. The minimum Gasteiger partial charge on any atom is -0.444 e. The molecule has 2 fully saturated rings. The van der Waals surface area contributed by atoms with Crippen LogP contribution in [0.15, 0.2) is 0 Å². The molecule has 0 aromatic rings. The first-order chi connectivity index (χ1) is 9.89. The molecule has 0 aliphatic carbocycles. The highest BCUT2D eigenvalue weighted by atomic mass is 19.1. The van der Waals surface area contributed by atoms with Gasteiger partial charge in [-0.25, -0.2) is 9.18 Å². The summed E-state index contributed by atoms with van der Waals surface area (Å²) in [5.41, 5.74) is -0.580. The monoisotopic (exact) mass is 303 g/mol. The minimum atomic E-state index is -0.580. The number of ether oxygens (including phenoxy) is 3. The molecule has 0 aromatic heterocycles. The van der Waals surface area contributed by atoms with Crippen molar-refractivity contribution in [2.24, 2.45) is 0 Å². The lowest BCUT2D eigenvalue weighted by Gasteiger charge is -2.27. The van der Waals surface area contributed by atoms with Gasteiger partial charge in [0.05, 0.1) is 18.7 Å². The normalized spacial score (nSPS) is 30.5. The van der Waals surface area contributed by atoms with Gasteiger partial charge >= 0.3 is 6.09 Å². The maximum absolute atomic E-state index is 13.2. The second-order valence-electron chi connectivity index (χ2n) is 6.73. The molecule has 0 aromatic carbocycles. The lowest BCUT2D eigenvalue weighted by Crippen LogP contribution is -2.41. The van der Waals surface area contributed by atoms with Crippen LogP contribution in [0, 0.1) is 0 Å². The van der Waals surface area contributed by atoms with Gasteiger partial charge in [0.1, 0.15) is 12.3 Å². The molecule has 1 amide bonds. The standard InChI is InChI=1S/C15H26FNO4/c1-15(2,3)21-14(18)17-10-12(8-11(17)9-16)20-13-6-4-5-7-19-13/h11-13H,4-10H2,1-3H3. The number of carbonyl (C=O) groups is 1. The van der Waals surface area contributed by atoms with E-state index in [1.807, 2.05) is 0 Å². The number of hydrogen-bond acceptors (Lipinski definition) is 4. The van der Waals surface area contributed by atoms with Crippen LogP contribution >= 0.6 is 0 Å². The van der Waals surface area contributed by atoms with E-state index in [2.05, 4.69) is 0 Å². The molecule has 0 N–H and O–H groups in total. The number of carbonyl (C=O) groups excluding carboxylic acids is 1. The quantitative estimate of drug-likeness (QED) is 0.804. The van der Waals surface area contributed by atoms with E-state index < -0.39 is 24.4 Å². The Hall–Kier alpha value is -0.880. The Morgan fingerprint density at radius 1 is 1.38 bits per heavy atom. The predicted molar refractivity (Wildman–Crippen MR) is 75.8 cm³/mol. The summed E-state index contributed by atoms with van der Waals surface area (Å²) < 4.78 is 29.9. The number of amides is 1. The van der Waals surface area contributed by atoms with Gasteiger partial charge < -0.3 is 14.2 Å². The Balaban J connectivity index is 1.88. The molecule has 2 aliphatic rings. The second kappa shape index (κ2) is 6.92. The predicted octanol–water partition coefficient (Wildman–Crippen LogP) is 2.88. The molecule has 0 radical (unpaired) electrons. The maximum Gasteiger partial charge on any atom is 0.410 e. The maximum atomic E-state index is 13.2. The largest absolute Gasteiger partial charge is 0.444 e. The van der Waals surface area contributed by atoms with E-state index in [0.717, 1.165) is 19.3 Å². The van der Waals surface area contributed by atoms with Crippen molar-refractivity contribution in [3.05, 3.63) is 0 Å². The van der Waals surface area contributed by atoms with Gasteiger partial charge in [-0.15, -0.1) is 0 Å². The molecule has 2 aliphatic heterocycles. The number of halogens is 1. The van der Waals surface area contributed by atoms with Crippen molar-refractivity contribution in [2.75, 3.05) is 19.8 Å². The average molecular weight is 303 g/mol. The van der Waals surface area contributed by atoms with Crippen molar-refractivity contribution in [2.45, 2.75) is 70.5 Å². The third-order valence-electron chi connectivity index (χ3n) is 3.66. The van der Waals surface area contributed by atoms with E-state index in [1.54, 1.807) is 20.8 Å². The highest BCUT2D eigenvalue weighted by molar-refractivity contribution is 5.69. The highest BCUT2D eigenvalue weighted by Crippen LogP contribution is 2.26. The zero-order valence-corrected chi connectivity index (χ0v) is 13.1. The molecule has 2 heterocycles. The van der Waals surface area contributed by atoms with E-state index in [0.29, 0.717) is 19.6 Å². The minimum absolute atomic E-state index is 0.179. The smallest absolute Gasteiger partial charge is 0.410 e. The summed E-state index contributed by atoms with van der Waals surface area (Å²) in [5.74, 6) is 0. The van der Waals surface area contributed by atoms with E-state index in [9.17, 15) is 9.18 Å². The lowest BCUT2D eigenvalue weighted by atomic mass is 10.2. The van der Waals surface area contributed by atoms with Crippen molar-refractivity contribution in [3.8, 4) is 0 Å².